The van der Waals surface area contributed by atoms with Gasteiger partial charge in [-0.2, -0.15) is 0 Å². The first kappa shape index (κ1) is 25.1. The topological polar surface area (TPSA) is 99.1 Å². The van der Waals surface area contributed by atoms with Gasteiger partial charge in [0.05, 0.1) is 18.6 Å². The van der Waals surface area contributed by atoms with Crippen LogP contribution in [0.3, 0.4) is 0 Å². The zero-order valence-corrected chi connectivity index (χ0v) is 19.9. The third-order valence-corrected chi connectivity index (χ3v) is 6.78. The van der Waals surface area contributed by atoms with Gasteiger partial charge in [0, 0.05) is 37.1 Å². The molecule has 8 heteroatoms. The Morgan fingerprint density at radius 2 is 2.09 bits per heavy atom. The molecule has 1 unspecified atom stereocenters. The molecule has 4 rings (SSSR count). The maximum atomic E-state index is 13.6. The molecule has 0 saturated carbocycles. The van der Waals surface area contributed by atoms with Crippen molar-refractivity contribution in [2.75, 3.05) is 19.7 Å². The minimum absolute atomic E-state index is 0.0878. The van der Waals surface area contributed by atoms with Crippen LogP contribution in [0, 0.1) is 0 Å². The van der Waals surface area contributed by atoms with Crippen LogP contribution >= 0.6 is 0 Å². The van der Waals surface area contributed by atoms with Crippen LogP contribution in [0.15, 0.2) is 59.7 Å². The van der Waals surface area contributed by atoms with Gasteiger partial charge in [0.1, 0.15) is 24.1 Å². The Morgan fingerprint density at radius 1 is 1.29 bits per heavy atom. The molecule has 0 radical (unpaired) electrons. The van der Waals surface area contributed by atoms with E-state index in [2.05, 4.69) is 5.32 Å². The molecule has 0 spiro atoms. The van der Waals surface area contributed by atoms with Gasteiger partial charge >= 0.3 is 0 Å². The molecular formula is C27H33FN2O5. The van der Waals surface area contributed by atoms with E-state index in [1.54, 1.807) is 29.2 Å². The Balaban J connectivity index is 1.71. The lowest BCUT2D eigenvalue weighted by Gasteiger charge is -2.41. The number of rotatable bonds is 9. The molecule has 1 aliphatic heterocycles. The fraction of sp³-hybridized carbons (Fsp3) is 0.481. The number of carbonyl (C=O) groups is 2. The van der Waals surface area contributed by atoms with E-state index in [1.807, 2.05) is 25.1 Å². The predicted molar refractivity (Wildman–Crippen MR) is 130 cm³/mol. The second-order valence-electron chi connectivity index (χ2n) is 9.20. The quantitative estimate of drug-likeness (QED) is 0.500. The number of carbonyl (C=O) groups excluding carboxylic acids is 2. The Bertz CT molecular complexity index is 1040. The molecule has 0 saturated heterocycles. The number of amides is 2. The second-order valence-corrected chi connectivity index (χ2v) is 9.20. The van der Waals surface area contributed by atoms with Crippen molar-refractivity contribution in [2.24, 2.45) is 0 Å². The van der Waals surface area contributed by atoms with Gasteiger partial charge in [-0.05, 0) is 24.1 Å². The van der Waals surface area contributed by atoms with Crippen molar-refractivity contribution in [3.8, 4) is 5.75 Å². The minimum Gasteiger partial charge on any atom is -0.486 e. The summed E-state index contributed by atoms with van der Waals surface area (Å²) in [6.45, 7) is 2.08. The van der Waals surface area contributed by atoms with Crippen LogP contribution in [-0.4, -0.2) is 71.0 Å². The molecule has 35 heavy (non-hydrogen) atoms. The van der Waals surface area contributed by atoms with Gasteiger partial charge in [-0.25, -0.2) is 4.39 Å². The van der Waals surface area contributed by atoms with Crippen LogP contribution in [0.1, 0.15) is 44.1 Å². The average molecular weight is 485 g/mol. The molecule has 3 aliphatic rings. The normalized spacial score (nSPS) is 26.7. The van der Waals surface area contributed by atoms with Gasteiger partial charge in [-0.15, -0.1) is 0 Å². The standard InChI is InChI=1S/C27H33FN2O5/c1-2-3-8-23(32)30(16-17-9-11-18(28)12-10-17)21-15-20(27(34)29-13-14-31)24-19-6-4-5-7-22(19)35-26(24)25(21)33/h4-7,9-11,15,18,21,24-26,31,33H,2-3,8,12-14,16H2,1H3,(H,29,34)/t18?,21-,24+,25+,26+/m1/s1. The predicted octanol–water partition coefficient (Wildman–Crippen LogP) is 2.55. The van der Waals surface area contributed by atoms with E-state index in [-0.39, 0.29) is 37.9 Å². The fourth-order valence-corrected chi connectivity index (χ4v) is 4.98. The van der Waals surface area contributed by atoms with E-state index in [4.69, 9.17) is 4.74 Å². The van der Waals surface area contributed by atoms with Crippen molar-refractivity contribution in [1.82, 2.24) is 10.2 Å². The maximum Gasteiger partial charge on any atom is 0.247 e. The number of aliphatic hydroxyl groups is 2. The number of para-hydroxylation sites is 1. The van der Waals surface area contributed by atoms with E-state index in [0.29, 0.717) is 24.2 Å². The molecule has 0 fully saturated rings. The summed E-state index contributed by atoms with van der Waals surface area (Å²) in [6.07, 6.45) is 5.79. The molecule has 188 valence electrons. The highest BCUT2D eigenvalue weighted by atomic mass is 19.1. The van der Waals surface area contributed by atoms with E-state index < -0.39 is 30.3 Å². The van der Waals surface area contributed by atoms with E-state index in [1.165, 1.54) is 6.08 Å². The lowest BCUT2D eigenvalue weighted by molar-refractivity contribution is -0.136. The zero-order valence-electron chi connectivity index (χ0n) is 19.9. The number of alkyl halides is 1. The minimum atomic E-state index is -1.07. The van der Waals surface area contributed by atoms with E-state index >= 15 is 0 Å². The summed E-state index contributed by atoms with van der Waals surface area (Å²) >= 11 is 0. The van der Waals surface area contributed by atoms with Gasteiger partial charge in [-0.3, -0.25) is 9.59 Å². The SMILES string of the molecule is CCCCC(=O)N(CC1=CCC(F)C=C1)[C@@H]1C=C(C(=O)NCCO)[C@@H]2c3ccccc3O[C@@H]2[C@H]1O. The van der Waals surface area contributed by atoms with Gasteiger partial charge < -0.3 is 25.2 Å². The molecule has 7 nitrogen and oxygen atoms in total. The van der Waals surface area contributed by atoms with Gasteiger partial charge in [0.15, 0.2) is 0 Å². The molecule has 0 bridgehead atoms. The number of ether oxygens (including phenoxy) is 1. The number of allylic oxidation sites excluding steroid dienone is 2. The number of fused-ring (bicyclic) bond motifs is 3. The Hall–Kier alpha value is -2.97. The fourth-order valence-electron chi connectivity index (χ4n) is 4.98. The third-order valence-electron chi connectivity index (χ3n) is 6.78. The Labute approximate surface area is 205 Å². The summed E-state index contributed by atoms with van der Waals surface area (Å²) in [4.78, 5) is 28.1. The smallest absolute Gasteiger partial charge is 0.247 e. The first-order valence-electron chi connectivity index (χ1n) is 12.3. The van der Waals surface area contributed by atoms with Gasteiger partial charge in [0.25, 0.3) is 0 Å². The number of aliphatic hydroxyl groups excluding tert-OH is 2. The summed E-state index contributed by atoms with van der Waals surface area (Å²) in [5.41, 5.74) is 1.98. The molecular weight excluding hydrogens is 451 g/mol. The Kier molecular flexibility index (Phi) is 8.03. The zero-order chi connectivity index (χ0) is 24.9. The molecule has 1 aromatic carbocycles. The number of nitrogens with one attached hydrogen (secondary N) is 1. The van der Waals surface area contributed by atoms with Gasteiger partial charge in [0.2, 0.25) is 11.8 Å². The molecule has 2 amide bonds. The van der Waals surface area contributed by atoms with E-state index in [9.17, 15) is 24.2 Å². The molecule has 1 aromatic rings. The third kappa shape index (κ3) is 5.33. The van der Waals surface area contributed by atoms with Crippen molar-refractivity contribution in [3.05, 3.63) is 65.3 Å². The first-order valence-corrected chi connectivity index (χ1v) is 12.3. The van der Waals surface area contributed by atoms with Crippen LogP contribution in [0.4, 0.5) is 4.39 Å². The Morgan fingerprint density at radius 3 is 2.80 bits per heavy atom. The summed E-state index contributed by atoms with van der Waals surface area (Å²) in [7, 11) is 0. The highest BCUT2D eigenvalue weighted by molar-refractivity contribution is 5.96. The first-order chi connectivity index (χ1) is 16.9. The molecule has 0 aromatic heterocycles. The largest absolute Gasteiger partial charge is 0.486 e. The lowest BCUT2D eigenvalue weighted by Crippen LogP contribution is -2.56. The van der Waals surface area contributed by atoms with Crippen LogP contribution in [0.5, 0.6) is 5.75 Å². The maximum absolute atomic E-state index is 13.6. The average Bonchev–Trinajstić information content (AvgIpc) is 3.26. The van der Waals surface area contributed by atoms with Crippen molar-refractivity contribution in [1.29, 1.82) is 0 Å². The van der Waals surface area contributed by atoms with E-state index in [0.717, 1.165) is 17.6 Å². The summed E-state index contributed by atoms with van der Waals surface area (Å²) in [5.74, 6) is -0.416. The summed E-state index contributed by atoms with van der Waals surface area (Å²) in [5, 5.41) is 23.4. The lowest BCUT2D eigenvalue weighted by atomic mass is 9.77. The highest BCUT2D eigenvalue weighted by Gasteiger charge is 2.50. The number of unbranched alkanes of at least 4 members (excludes halogenated alkanes) is 1. The van der Waals surface area contributed by atoms with Crippen LogP contribution < -0.4 is 10.1 Å². The highest BCUT2D eigenvalue weighted by Crippen LogP contribution is 2.47. The number of halogens is 1. The molecule has 5 atom stereocenters. The molecule has 3 N–H and O–H groups in total. The summed E-state index contributed by atoms with van der Waals surface area (Å²) in [6, 6.07) is 6.55. The van der Waals surface area contributed by atoms with Crippen LogP contribution in [0.2, 0.25) is 0 Å². The van der Waals surface area contributed by atoms with Crippen molar-refractivity contribution in [3.63, 3.8) is 0 Å². The monoisotopic (exact) mass is 484 g/mol. The second kappa shape index (κ2) is 11.2. The van der Waals surface area contributed by atoms with Gasteiger partial charge in [-0.1, -0.05) is 49.8 Å². The number of hydrogen-bond acceptors (Lipinski definition) is 5. The van der Waals surface area contributed by atoms with Crippen LogP contribution in [0.25, 0.3) is 0 Å². The molecule has 1 heterocycles. The number of hydrogen-bond donors (Lipinski definition) is 3. The van der Waals surface area contributed by atoms with Crippen molar-refractivity contribution >= 4 is 11.8 Å². The van der Waals surface area contributed by atoms with Crippen molar-refractivity contribution < 1.29 is 28.9 Å². The number of benzene rings is 1. The number of nitrogens with zero attached hydrogens (tertiary/aromatic N) is 1. The van der Waals surface area contributed by atoms with Crippen LogP contribution in [-0.2, 0) is 9.59 Å². The van der Waals surface area contributed by atoms with Crippen molar-refractivity contribution in [2.45, 2.75) is 62.9 Å². The summed E-state index contributed by atoms with van der Waals surface area (Å²) < 4.78 is 19.7. The molecule has 2 aliphatic carbocycles.